The summed E-state index contributed by atoms with van der Waals surface area (Å²) in [7, 11) is 0. The van der Waals surface area contributed by atoms with Gasteiger partial charge in [-0.2, -0.15) is 0 Å². The van der Waals surface area contributed by atoms with E-state index in [1.54, 1.807) is 11.8 Å². The molecule has 1 amide bonds. The van der Waals surface area contributed by atoms with Crippen LogP contribution in [0.25, 0.3) is 11.0 Å². The lowest BCUT2D eigenvalue weighted by Gasteiger charge is -2.38. The standard InChI is InChI=1S/C26H33N5OS/c1-19-3-4-24-23(17-19)28-26(33-2)31(24)22-9-15-30(16-10-22)25(32)21-7-13-29(14-8-21)18-20-5-11-27-12-6-20/h3-6,11-12,17,21-22H,7-10,13-16,18H2,1-2H3. The van der Waals surface area contributed by atoms with Gasteiger partial charge >= 0.3 is 0 Å². The van der Waals surface area contributed by atoms with E-state index in [2.05, 4.69) is 62.9 Å². The predicted octanol–water partition coefficient (Wildman–Crippen LogP) is 4.54. The number of pyridine rings is 1. The molecule has 2 saturated heterocycles. The number of piperidine rings is 2. The van der Waals surface area contributed by atoms with Crippen LogP contribution in [-0.2, 0) is 11.3 Å². The van der Waals surface area contributed by atoms with Gasteiger partial charge in [-0.15, -0.1) is 0 Å². The van der Waals surface area contributed by atoms with Crippen molar-refractivity contribution in [3.8, 4) is 0 Å². The van der Waals surface area contributed by atoms with Crippen molar-refractivity contribution in [1.29, 1.82) is 0 Å². The van der Waals surface area contributed by atoms with E-state index < -0.39 is 0 Å². The van der Waals surface area contributed by atoms with Crippen molar-refractivity contribution < 1.29 is 4.79 Å². The number of amides is 1. The molecule has 174 valence electrons. The third kappa shape index (κ3) is 4.80. The van der Waals surface area contributed by atoms with Crippen molar-refractivity contribution in [1.82, 2.24) is 24.3 Å². The first-order valence-electron chi connectivity index (χ1n) is 12.0. The fraction of sp³-hybridized carbons (Fsp3) is 0.500. The minimum atomic E-state index is 0.175. The molecule has 5 rings (SSSR count). The molecule has 4 heterocycles. The van der Waals surface area contributed by atoms with Gasteiger partial charge in [0.25, 0.3) is 0 Å². The molecule has 2 fully saturated rings. The van der Waals surface area contributed by atoms with E-state index in [0.717, 1.165) is 69.1 Å². The van der Waals surface area contributed by atoms with E-state index in [-0.39, 0.29) is 5.92 Å². The molecule has 1 aromatic carbocycles. The molecule has 0 atom stereocenters. The fourth-order valence-corrected chi connectivity index (χ4v) is 6.00. The lowest BCUT2D eigenvalue weighted by Crippen LogP contribution is -2.45. The number of hydrogen-bond donors (Lipinski definition) is 0. The smallest absolute Gasteiger partial charge is 0.225 e. The van der Waals surface area contributed by atoms with Crippen molar-refractivity contribution >= 4 is 28.7 Å². The predicted molar refractivity (Wildman–Crippen MR) is 133 cm³/mol. The summed E-state index contributed by atoms with van der Waals surface area (Å²) < 4.78 is 2.42. The maximum Gasteiger partial charge on any atom is 0.225 e. The van der Waals surface area contributed by atoms with Gasteiger partial charge in [-0.05, 0) is 87.3 Å². The van der Waals surface area contributed by atoms with Gasteiger partial charge in [0.15, 0.2) is 5.16 Å². The van der Waals surface area contributed by atoms with Crippen LogP contribution in [0.5, 0.6) is 0 Å². The second-order valence-electron chi connectivity index (χ2n) is 9.42. The SMILES string of the molecule is CSc1nc2cc(C)ccc2n1C1CCN(C(=O)C2CCN(Cc3ccncc3)CC2)CC1. The van der Waals surface area contributed by atoms with Crippen LogP contribution in [0.1, 0.15) is 42.9 Å². The van der Waals surface area contributed by atoms with Gasteiger partial charge in [0.05, 0.1) is 11.0 Å². The highest BCUT2D eigenvalue weighted by atomic mass is 32.2. The highest BCUT2D eigenvalue weighted by Crippen LogP contribution is 2.33. The van der Waals surface area contributed by atoms with Gasteiger partial charge in [0.2, 0.25) is 5.91 Å². The van der Waals surface area contributed by atoms with Crippen LogP contribution >= 0.6 is 11.8 Å². The molecule has 0 aliphatic carbocycles. The maximum absolute atomic E-state index is 13.3. The van der Waals surface area contributed by atoms with Gasteiger partial charge < -0.3 is 9.47 Å². The number of fused-ring (bicyclic) bond motifs is 1. The Balaban J connectivity index is 1.17. The molecule has 6 nitrogen and oxygen atoms in total. The lowest BCUT2D eigenvalue weighted by atomic mass is 9.93. The number of thioether (sulfide) groups is 1. The Bertz CT molecular complexity index is 1100. The topological polar surface area (TPSA) is 54.3 Å². The molecule has 3 aromatic rings. The molecule has 2 aliphatic rings. The molecule has 0 saturated carbocycles. The number of imidazole rings is 1. The van der Waals surface area contributed by atoms with Crippen molar-refractivity contribution in [2.24, 2.45) is 5.92 Å². The molecule has 7 heteroatoms. The zero-order valence-corrected chi connectivity index (χ0v) is 20.4. The number of rotatable bonds is 5. The minimum absolute atomic E-state index is 0.175. The summed E-state index contributed by atoms with van der Waals surface area (Å²) in [6, 6.07) is 11.1. The summed E-state index contributed by atoms with van der Waals surface area (Å²) >= 11 is 1.71. The third-order valence-corrected chi connectivity index (χ3v) is 7.88. The van der Waals surface area contributed by atoms with Crippen LogP contribution in [-0.4, -0.2) is 62.7 Å². The van der Waals surface area contributed by atoms with Crippen molar-refractivity contribution in [2.75, 3.05) is 32.4 Å². The number of carbonyl (C=O) groups excluding carboxylic acids is 1. The average molecular weight is 464 g/mol. The van der Waals surface area contributed by atoms with E-state index in [4.69, 9.17) is 4.98 Å². The Morgan fingerprint density at radius 1 is 1.03 bits per heavy atom. The summed E-state index contributed by atoms with van der Waals surface area (Å²) in [6.45, 7) is 6.75. The van der Waals surface area contributed by atoms with Crippen molar-refractivity contribution in [2.45, 2.75) is 50.4 Å². The van der Waals surface area contributed by atoms with Gasteiger partial charge in [0, 0.05) is 44.0 Å². The minimum Gasteiger partial charge on any atom is -0.342 e. The number of aromatic nitrogens is 3. The summed E-state index contributed by atoms with van der Waals surface area (Å²) in [5, 5.41) is 1.09. The van der Waals surface area contributed by atoms with Crippen LogP contribution in [0.15, 0.2) is 47.9 Å². The van der Waals surface area contributed by atoms with Gasteiger partial charge in [-0.3, -0.25) is 14.7 Å². The summed E-state index contributed by atoms with van der Waals surface area (Å²) in [6.07, 6.45) is 9.73. The highest BCUT2D eigenvalue weighted by molar-refractivity contribution is 7.98. The lowest BCUT2D eigenvalue weighted by molar-refractivity contribution is -0.138. The van der Waals surface area contributed by atoms with Crippen molar-refractivity contribution in [3.63, 3.8) is 0 Å². The number of nitrogens with zero attached hydrogens (tertiary/aromatic N) is 5. The molecule has 0 bridgehead atoms. The number of hydrogen-bond acceptors (Lipinski definition) is 5. The van der Waals surface area contributed by atoms with Crippen LogP contribution < -0.4 is 0 Å². The largest absolute Gasteiger partial charge is 0.342 e. The third-order valence-electron chi connectivity index (χ3n) is 7.23. The number of likely N-dealkylation sites (tertiary alicyclic amines) is 2. The zero-order valence-electron chi connectivity index (χ0n) is 19.6. The first kappa shape index (κ1) is 22.4. The number of aryl methyl sites for hydroxylation is 1. The second kappa shape index (κ2) is 9.85. The molecule has 0 radical (unpaired) electrons. The maximum atomic E-state index is 13.3. The molecule has 33 heavy (non-hydrogen) atoms. The van der Waals surface area contributed by atoms with Crippen LogP contribution in [0.4, 0.5) is 0 Å². The van der Waals surface area contributed by atoms with Gasteiger partial charge in [0.1, 0.15) is 0 Å². The van der Waals surface area contributed by atoms with Gasteiger partial charge in [-0.25, -0.2) is 4.98 Å². The highest BCUT2D eigenvalue weighted by Gasteiger charge is 2.32. The van der Waals surface area contributed by atoms with Gasteiger partial charge in [-0.1, -0.05) is 17.8 Å². The van der Waals surface area contributed by atoms with Crippen LogP contribution in [0, 0.1) is 12.8 Å². The second-order valence-corrected chi connectivity index (χ2v) is 10.2. The Labute approximate surface area is 200 Å². The molecule has 0 unspecified atom stereocenters. The molecular formula is C26H33N5OS. The van der Waals surface area contributed by atoms with E-state index in [1.807, 2.05) is 12.4 Å². The Kier molecular flexibility index (Phi) is 6.69. The molecule has 0 spiro atoms. The molecule has 2 aliphatic heterocycles. The first-order chi connectivity index (χ1) is 16.1. The summed E-state index contributed by atoms with van der Waals surface area (Å²) in [4.78, 5) is 26.8. The molecule has 2 aromatic heterocycles. The van der Waals surface area contributed by atoms with Crippen molar-refractivity contribution in [3.05, 3.63) is 53.9 Å². The van der Waals surface area contributed by atoms with E-state index in [0.29, 0.717) is 11.9 Å². The summed E-state index contributed by atoms with van der Waals surface area (Å²) in [5.74, 6) is 0.544. The Morgan fingerprint density at radius 3 is 2.45 bits per heavy atom. The monoisotopic (exact) mass is 463 g/mol. The van der Waals surface area contributed by atoms with E-state index in [1.165, 1.54) is 16.6 Å². The number of carbonyl (C=O) groups is 1. The molecule has 0 N–H and O–H groups in total. The fourth-order valence-electron chi connectivity index (χ4n) is 5.37. The average Bonchev–Trinajstić information content (AvgIpc) is 3.22. The van der Waals surface area contributed by atoms with Crippen LogP contribution in [0.2, 0.25) is 0 Å². The number of benzene rings is 1. The summed E-state index contributed by atoms with van der Waals surface area (Å²) in [5.41, 5.74) is 4.84. The quantitative estimate of drug-likeness (QED) is 0.520. The Hall–Kier alpha value is -2.38. The first-order valence-corrected chi connectivity index (χ1v) is 13.3. The Morgan fingerprint density at radius 2 is 1.76 bits per heavy atom. The van der Waals surface area contributed by atoms with Crippen LogP contribution in [0.3, 0.4) is 0 Å². The normalized spacial score (nSPS) is 18.8. The zero-order chi connectivity index (χ0) is 22.8. The van der Waals surface area contributed by atoms with E-state index >= 15 is 0 Å². The van der Waals surface area contributed by atoms with E-state index in [9.17, 15) is 4.79 Å². The molecular weight excluding hydrogens is 430 g/mol.